The summed E-state index contributed by atoms with van der Waals surface area (Å²) in [6.45, 7) is 7.03. The van der Waals surface area contributed by atoms with Crippen LogP contribution in [0.2, 0.25) is 0 Å². The molecule has 6 heteroatoms. The Labute approximate surface area is 147 Å². The van der Waals surface area contributed by atoms with Crippen molar-refractivity contribution < 1.29 is 4.79 Å². The van der Waals surface area contributed by atoms with E-state index in [-0.39, 0.29) is 11.8 Å². The normalized spacial score (nSPS) is 22.6. The van der Waals surface area contributed by atoms with Gasteiger partial charge in [0.15, 0.2) is 0 Å². The number of carbonyl (C=O) groups is 1. The summed E-state index contributed by atoms with van der Waals surface area (Å²) in [6.07, 6.45) is 4.70. The predicted octanol–water partition coefficient (Wildman–Crippen LogP) is 1.84. The van der Waals surface area contributed by atoms with Gasteiger partial charge in [0.1, 0.15) is 0 Å². The third kappa shape index (κ3) is 3.08. The third-order valence-electron chi connectivity index (χ3n) is 5.21. The molecule has 0 radical (unpaired) electrons. The van der Waals surface area contributed by atoms with E-state index in [1.165, 1.54) is 0 Å². The predicted molar refractivity (Wildman–Crippen MR) is 95.0 cm³/mol. The van der Waals surface area contributed by atoms with E-state index in [9.17, 15) is 4.79 Å². The average Bonchev–Trinajstić information content (AvgIpc) is 3.15. The van der Waals surface area contributed by atoms with Gasteiger partial charge in [0, 0.05) is 43.6 Å². The minimum absolute atomic E-state index is 0.0549. The topological polar surface area (TPSA) is 62.2 Å². The Bertz CT molecular complexity index is 776. The molecule has 2 aliphatic rings. The summed E-state index contributed by atoms with van der Waals surface area (Å²) in [7, 11) is 0. The van der Waals surface area contributed by atoms with Gasteiger partial charge in [-0.15, -0.1) is 0 Å². The Morgan fingerprint density at radius 3 is 2.64 bits per heavy atom. The van der Waals surface area contributed by atoms with E-state index in [0.717, 1.165) is 42.4 Å². The minimum Gasteiger partial charge on any atom is -0.340 e. The Balaban J connectivity index is 1.42. The third-order valence-corrected chi connectivity index (χ3v) is 5.21. The molecule has 2 atom stereocenters. The average molecular weight is 337 g/mol. The molecule has 4 heterocycles. The van der Waals surface area contributed by atoms with E-state index in [4.69, 9.17) is 0 Å². The number of nitrogens with zero attached hydrogens (tertiary/aromatic N) is 5. The van der Waals surface area contributed by atoms with Crippen molar-refractivity contribution in [2.24, 2.45) is 11.8 Å². The Kier molecular flexibility index (Phi) is 4.11. The zero-order valence-corrected chi connectivity index (χ0v) is 14.7. The number of aromatic nitrogens is 3. The van der Waals surface area contributed by atoms with Crippen LogP contribution in [0.4, 0.5) is 5.95 Å². The smallest absolute Gasteiger partial charge is 0.228 e. The maximum absolute atomic E-state index is 12.8. The molecule has 0 aromatic carbocycles. The monoisotopic (exact) mass is 337 g/mol. The van der Waals surface area contributed by atoms with Crippen LogP contribution in [0.5, 0.6) is 0 Å². The van der Waals surface area contributed by atoms with Gasteiger partial charge in [-0.3, -0.25) is 9.78 Å². The first-order valence-corrected chi connectivity index (χ1v) is 8.91. The van der Waals surface area contributed by atoms with Crippen LogP contribution < -0.4 is 4.90 Å². The number of carbonyl (C=O) groups excluding carboxylic acids is 1. The van der Waals surface area contributed by atoms with Gasteiger partial charge in [-0.2, -0.15) is 0 Å². The van der Waals surface area contributed by atoms with Crippen LogP contribution >= 0.6 is 0 Å². The fraction of sp³-hybridized carbons (Fsp3) is 0.474. The lowest BCUT2D eigenvalue weighted by atomic mass is 10.0. The van der Waals surface area contributed by atoms with Crippen molar-refractivity contribution >= 4 is 11.9 Å². The van der Waals surface area contributed by atoms with Crippen molar-refractivity contribution in [2.75, 3.05) is 24.5 Å². The Morgan fingerprint density at radius 1 is 1.16 bits per heavy atom. The van der Waals surface area contributed by atoms with E-state index < -0.39 is 0 Å². The van der Waals surface area contributed by atoms with Gasteiger partial charge >= 0.3 is 0 Å². The molecule has 6 nitrogen and oxygen atoms in total. The van der Waals surface area contributed by atoms with E-state index in [1.54, 1.807) is 0 Å². The molecule has 1 amide bonds. The van der Waals surface area contributed by atoms with Gasteiger partial charge in [0.2, 0.25) is 11.9 Å². The number of hydrogen-bond acceptors (Lipinski definition) is 5. The van der Waals surface area contributed by atoms with Gasteiger partial charge < -0.3 is 9.80 Å². The van der Waals surface area contributed by atoms with Crippen LogP contribution in [0.15, 0.2) is 30.6 Å². The summed E-state index contributed by atoms with van der Waals surface area (Å²) in [5.74, 6) is 1.39. The number of fused-ring (bicyclic) bond motifs is 1. The standard InChI is InChI=1S/C19H23N5O/c1-3-14-7-20-19(21-8-14)24-10-15-9-23(18(25)17(15)12-24)11-16-6-4-5-13(2)22-16/h4-8,15,17H,3,9-12H2,1-2H3/t15-,17+/m0/s1. The molecule has 0 saturated carbocycles. The van der Waals surface area contributed by atoms with Crippen molar-refractivity contribution in [3.63, 3.8) is 0 Å². The first kappa shape index (κ1) is 16.0. The fourth-order valence-corrected chi connectivity index (χ4v) is 3.83. The summed E-state index contributed by atoms with van der Waals surface area (Å²) >= 11 is 0. The molecule has 0 aliphatic carbocycles. The van der Waals surface area contributed by atoms with Crippen molar-refractivity contribution in [1.82, 2.24) is 19.9 Å². The van der Waals surface area contributed by atoms with Gasteiger partial charge in [-0.05, 0) is 31.0 Å². The highest BCUT2D eigenvalue weighted by atomic mass is 16.2. The SMILES string of the molecule is CCc1cnc(N2C[C@@H]3CN(Cc4cccc(C)n4)C(=O)[C@@H]3C2)nc1. The largest absolute Gasteiger partial charge is 0.340 e. The molecule has 0 unspecified atom stereocenters. The zero-order valence-electron chi connectivity index (χ0n) is 14.7. The summed E-state index contributed by atoms with van der Waals surface area (Å²) in [5, 5.41) is 0. The molecule has 0 N–H and O–H groups in total. The number of rotatable bonds is 4. The maximum Gasteiger partial charge on any atom is 0.228 e. The van der Waals surface area contributed by atoms with E-state index >= 15 is 0 Å². The lowest BCUT2D eigenvalue weighted by Crippen LogP contribution is -2.33. The number of likely N-dealkylation sites (tertiary alicyclic amines) is 1. The van der Waals surface area contributed by atoms with E-state index in [1.807, 2.05) is 42.4 Å². The summed E-state index contributed by atoms with van der Waals surface area (Å²) in [5.41, 5.74) is 3.09. The molecular weight excluding hydrogens is 314 g/mol. The van der Waals surface area contributed by atoms with Crippen LogP contribution in [0.3, 0.4) is 0 Å². The van der Waals surface area contributed by atoms with Crippen molar-refractivity contribution in [1.29, 1.82) is 0 Å². The lowest BCUT2D eigenvalue weighted by Gasteiger charge is -2.21. The highest BCUT2D eigenvalue weighted by molar-refractivity contribution is 5.83. The van der Waals surface area contributed by atoms with Crippen molar-refractivity contribution in [3.05, 3.63) is 47.5 Å². The molecule has 2 saturated heterocycles. The van der Waals surface area contributed by atoms with E-state index in [2.05, 4.69) is 26.8 Å². The maximum atomic E-state index is 12.8. The van der Waals surface area contributed by atoms with Crippen LogP contribution in [-0.2, 0) is 17.8 Å². The molecule has 2 aromatic rings. The van der Waals surface area contributed by atoms with Crippen molar-refractivity contribution in [3.8, 4) is 0 Å². The molecule has 2 aliphatic heterocycles. The van der Waals surface area contributed by atoms with Gasteiger partial charge in [-0.25, -0.2) is 9.97 Å². The summed E-state index contributed by atoms with van der Waals surface area (Å²) in [6, 6.07) is 5.97. The van der Waals surface area contributed by atoms with Crippen LogP contribution in [0, 0.1) is 18.8 Å². The second-order valence-electron chi connectivity index (χ2n) is 7.01. The number of amides is 1. The van der Waals surface area contributed by atoms with Gasteiger partial charge in [0.25, 0.3) is 0 Å². The summed E-state index contributed by atoms with van der Waals surface area (Å²) < 4.78 is 0. The molecular formula is C19H23N5O. The van der Waals surface area contributed by atoms with Crippen LogP contribution in [0.1, 0.15) is 23.9 Å². The molecule has 25 heavy (non-hydrogen) atoms. The van der Waals surface area contributed by atoms with Gasteiger partial charge in [0.05, 0.1) is 18.2 Å². The molecule has 130 valence electrons. The Morgan fingerprint density at radius 2 is 1.96 bits per heavy atom. The quantitative estimate of drug-likeness (QED) is 0.852. The fourth-order valence-electron chi connectivity index (χ4n) is 3.83. The molecule has 2 fully saturated rings. The second-order valence-corrected chi connectivity index (χ2v) is 7.01. The van der Waals surface area contributed by atoms with Gasteiger partial charge in [-0.1, -0.05) is 13.0 Å². The molecule has 2 aromatic heterocycles. The number of hydrogen-bond donors (Lipinski definition) is 0. The zero-order chi connectivity index (χ0) is 17.4. The highest BCUT2D eigenvalue weighted by Gasteiger charge is 2.46. The molecule has 4 rings (SSSR count). The van der Waals surface area contributed by atoms with Crippen LogP contribution in [0.25, 0.3) is 0 Å². The number of pyridine rings is 1. The first-order valence-electron chi connectivity index (χ1n) is 8.91. The van der Waals surface area contributed by atoms with Crippen molar-refractivity contribution in [2.45, 2.75) is 26.8 Å². The Hall–Kier alpha value is -2.50. The second kappa shape index (κ2) is 6.43. The number of aryl methyl sites for hydroxylation is 2. The van der Waals surface area contributed by atoms with E-state index in [0.29, 0.717) is 19.0 Å². The van der Waals surface area contributed by atoms with Crippen LogP contribution in [-0.4, -0.2) is 45.4 Å². The molecule has 0 spiro atoms. The lowest BCUT2D eigenvalue weighted by molar-refractivity contribution is -0.131. The minimum atomic E-state index is 0.0549. The first-order chi connectivity index (χ1) is 12.1. The highest BCUT2D eigenvalue weighted by Crippen LogP contribution is 2.34. The number of anilines is 1. The summed E-state index contributed by atoms with van der Waals surface area (Å²) in [4.78, 5) is 30.3. The molecule has 0 bridgehead atoms.